The summed E-state index contributed by atoms with van der Waals surface area (Å²) in [6, 6.07) is 12.0. The lowest BCUT2D eigenvalue weighted by Gasteiger charge is -2.04. The molecule has 3 aromatic rings. The largest absolute Gasteiger partial charge is 0.497 e. The van der Waals surface area contributed by atoms with Gasteiger partial charge in [0.1, 0.15) is 11.6 Å². The highest BCUT2D eigenvalue weighted by Crippen LogP contribution is 2.22. The summed E-state index contributed by atoms with van der Waals surface area (Å²) < 4.78 is 7.22. The Morgan fingerprint density at radius 2 is 2.00 bits per heavy atom. The van der Waals surface area contributed by atoms with Crippen molar-refractivity contribution in [2.45, 2.75) is 6.54 Å². The van der Waals surface area contributed by atoms with Crippen LogP contribution < -0.4 is 10.5 Å². The topological polar surface area (TPSA) is 52.5 Å². The first kappa shape index (κ1) is 11.7. The number of methoxy groups -OCH3 is 1. The zero-order chi connectivity index (χ0) is 13.2. The third-order valence-corrected chi connectivity index (χ3v) is 3.18. The first-order valence-corrected chi connectivity index (χ1v) is 6.12. The molecule has 0 bridgehead atoms. The maximum Gasteiger partial charge on any atom is 0.144 e. The second-order valence-electron chi connectivity index (χ2n) is 4.34. The molecular weight excluding hydrogens is 238 g/mol. The van der Waals surface area contributed by atoms with E-state index in [1.807, 2.05) is 42.7 Å². The number of imidazole rings is 1. The van der Waals surface area contributed by atoms with Crippen molar-refractivity contribution in [3.05, 3.63) is 54.4 Å². The summed E-state index contributed by atoms with van der Waals surface area (Å²) in [5.41, 5.74) is 8.86. The van der Waals surface area contributed by atoms with Gasteiger partial charge in [-0.1, -0.05) is 0 Å². The predicted molar refractivity (Wildman–Crippen MR) is 75.1 cm³/mol. The molecule has 0 amide bonds. The van der Waals surface area contributed by atoms with E-state index in [0.717, 1.165) is 28.2 Å². The first-order chi connectivity index (χ1) is 9.31. The average Bonchev–Trinajstić information content (AvgIpc) is 2.90. The van der Waals surface area contributed by atoms with Gasteiger partial charge in [-0.15, -0.1) is 0 Å². The van der Waals surface area contributed by atoms with E-state index in [9.17, 15) is 0 Å². The highest BCUT2D eigenvalue weighted by molar-refractivity contribution is 5.63. The second kappa shape index (κ2) is 4.74. The molecule has 2 aromatic heterocycles. The van der Waals surface area contributed by atoms with Crippen molar-refractivity contribution in [2.75, 3.05) is 7.11 Å². The third kappa shape index (κ3) is 2.06. The fourth-order valence-corrected chi connectivity index (χ4v) is 2.13. The van der Waals surface area contributed by atoms with E-state index < -0.39 is 0 Å². The Morgan fingerprint density at radius 3 is 2.68 bits per heavy atom. The molecule has 4 heteroatoms. The molecular formula is C15H15N3O. The Labute approximate surface area is 111 Å². The number of pyridine rings is 1. The molecule has 2 N–H and O–H groups in total. The zero-order valence-electron chi connectivity index (χ0n) is 10.7. The smallest absolute Gasteiger partial charge is 0.144 e. The second-order valence-corrected chi connectivity index (χ2v) is 4.34. The molecule has 0 fully saturated rings. The maximum absolute atomic E-state index is 5.65. The number of fused-ring (bicyclic) bond motifs is 1. The molecule has 0 radical (unpaired) electrons. The van der Waals surface area contributed by atoms with Crippen molar-refractivity contribution in [3.63, 3.8) is 0 Å². The minimum Gasteiger partial charge on any atom is -0.497 e. The monoisotopic (exact) mass is 253 g/mol. The van der Waals surface area contributed by atoms with Crippen LogP contribution in [0.2, 0.25) is 0 Å². The highest BCUT2D eigenvalue weighted by Gasteiger charge is 2.06. The van der Waals surface area contributed by atoms with Crippen LogP contribution in [0.25, 0.3) is 16.9 Å². The summed E-state index contributed by atoms with van der Waals surface area (Å²) >= 11 is 0. The minimum absolute atomic E-state index is 0.541. The summed E-state index contributed by atoms with van der Waals surface area (Å²) in [6.45, 7) is 0.541. The van der Waals surface area contributed by atoms with Crippen molar-refractivity contribution in [3.8, 4) is 17.1 Å². The summed E-state index contributed by atoms with van der Waals surface area (Å²) in [4.78, 5) is 4.48. The molecule has 3 rings (SSSR count). The normalized spacial score (nSPS) is 10.8. The van der Waals surface area contributed by atoms with Gasteiger partial charge in [-0.25, -0.2) is 4.98 Å². The predicted octanol–water partition coefficient (Wildman–Crippen LogP) is 2.47. The summed E-state index contributed by atoms with van der Waals surface area (Å²) in [7, 11) is 1.66. The van der Waals surface area contributed by atoms with Crippen molar-refractivity contribution in [2.24, 2.45) is 5.73 Å². The van der Waals surface area contributed by atoms with Crippen LogP contribution in [0.4, 0.5) is 0 Å². The van der Waals surface area contributed by atoms with E-state index in [-0.39, 0.29) is 0 Å². The van der Waals surface area contributed by atoms with E-state index in [4.69, 9.17) is 10.5 Å². The summed E-state index contributed by atoms with van der Waals surface area (Å²) in [6.07, 6.45) is 3.86. The maximum atomic E-state index is 5.65. The van der Waals surface area contributed by atoms with E-state index >= 15 is 0 Å². The summed E-state index contributed by atoms with van der Waals surface area (Å²) in [5, 5.41) is 0. The van der Waals surface area contributed by atoms with Gasteiger partial charge in [-0.3, -0.25) is 4.40 Å². The molecule has 0 unspecified atom stereocenters. The fourth-order valence-electron chi connectivity index (χ4n) is 2.13. The molecule has 0 aliphatic carbocycles. The quantitative estimate of drug-likeness (QED) is 0.780. The van der Waals surface area contributed by atoms with Crippen LogP contribution in [0.1, 0.15) is 5.56 Å². The van der Waals surface area contributed by atoms with Gasteiger partial charge in [0, 0.05) is 18.3 Å². The van der Waals surface area contributed by atoms with Crippen molar-refractivity contribution in [1.29, 1.82) is 0 Å². The van der Waals surface area contributed by atoms with Gasteiger partial charge in [0.05, 0.1) is 18.8 Å². The first-order valence-electron chi connectivity index (χ1n) is 6.12. The van der Waals surface area contributed by atoms with Gasteiger partial charge < -0.3 is 10.5 Å². The van der Waals surface area contributed by atoms with E-state index in [1.165, 1.54) is 0 Å². The van der Waals surface area contributed by atoms with Crippen LogP contribution in [0.15, 0.2) is 48.8 Å². The Bertz CT molecular complexity index is 701. The molecule has 0 aliphatic heterocycles. The molecule has 0 saturated carbocycles. The lowest BCUT2D eigenvalue weighted by atomic mass is 10.2. The highest BCUT2D eigenvalue weighted by atomic mass is 16.5. The Hall–Kier alpha value is -2.33. The van der Waals surface area contributed by atoms with Gasteiger partial charge >= 0.3 is 0 Å². The molecule has 96 valence electrons. The molecule has 0 saturated heterocycles. The average molecular weight is 253 g/mol. The number of ether oxygens (including phenoxy) is 1. The molecule has 2 heterocycles. The number of aromatic nitrogens is 2. The van der Waals surface area contributed by atoms with Crippen LogP contribution >= 0.6 is 0 Å². The van der Waals surface area contributed by atoms with Gasteiger partial charge in [-0.2, -0.15) is 0 Å². The van der Waals surface area contributed by atoms with Gasteiger partial charge in [0.2, 0.25) is 0 Å². The van der Waals surface area contributed by atoms with E-state index in [1.54, 1.807) is 7.11 Å². The standard InChI is InChI=1S/C15H15N3O/c1-19-14-4-2-12(3-5-14)15-17-10-13-8-11(9-16)6-7-18(13)15/h2-8,10H,9,16H2,1H3. The third-order valence-electron chi connectivity index (χ3n) is 3.18. The van der Waals surface area contributed by atoms with Crippen LogP contribution in [-0.4, -0.2) is 16.5 Å². The van der Waals surface area contributed by atoms with E-state index in [2.05, 4.69) is 15.5 Å². The molecule has 19 heavy (non-hydrogen) atoms. The lowest BCUT2D eigenvalue weighted by Crippen LogP contribution is -1.97. The van der Waals surface area contributed by atoms with Crippen molar-refractivity contribution < 1.29 is 4.74 Å². The van der Waals surface area contributed by atoms with Crippen molar-refractivity contribution >= 4 is 5.52 Å². The number of hydrogen-bond acceptors (Lipinski definition) is 3. The van der Waals surface area contributed by atoms with Crippen LogP contribution in [0, 0.1) is 0 Å². The molecule has 1 aromatic carbocycles. The Morgan fingerprint density at radius 1 is 1.21 bits per heavy atom. The molecule has 0 aliphatic rings. The van der Waals surface area contributed by atoms with Crippen LogP contribution in [0.5, 0.6) is 5.75 Å². The lowest BCUT2D eigenvalue weighted by molar-refractivity contribution is 0.415. The van der Waals surface area contributed by atoms with Crippen molar-refractivity contribution in [1.82, 2.24) is 9.38 Å². The number of hydrogen-bond donors (Lipinski definition) is 1. The van der Waals surface area contributed by atoms with Gasteiger partial charge in [0.25, 0.3) is 0 Å². The fraction of sp³-hybridized carbons (Fsp3) is 0.133. The zero-order valence-corrected chi connectivity index (χ0v) is 10.7. The number of rotatable bonds is 3. The van der Waals surface area contributed by atoms with Crippen LogP contribution in [-0.2, 0) is 6.54 Å². The van der Waals surface area contributed by atoms with Gasteiger partial charge in [0.15, 0.2) is 0 Å². The molecule has 4 nitrogen and oxygen atoms in total. The Balaban J connectivity index is 2.09. The van der Waals surface area contributed by atoms with Crippen LogP contribution in [0.3, 0.4) is 0 Å². The number of nitrogens with zero attached hydrogens (tertiary/aromatic N) is 2. The SMILES string of the molecule is COc1ccc(-c2ncc3cc(CN)ccn23)cc1. The number of nitrogens with two attached hydrogens (primary N) is 1. The Kier molecular flexibility index (Phi) is 2.93. The molecule has 0 atom stereocenters. The molecule has 0 spiro atoms. The minimum atomic E-state index is 0.541. The summed E-state index contributed by atoms with van der Waals surface area (Å²) in [5.74, 6) is 1.76. The number of benzene rings is 1. The van der Waals surface area contributed by atoms with Gasteiger partial charge in [-0.05, 0) is 42.0 Å². The van der Waals surface area contributed by atoms with E-state index in [0.29, 0.717) is 6.54 Å².